The van der Waals surface area contributed by atoms with Crippen LogP contribution in [0.4, 0.5) is 11.4 Å². The van der Waals surface area contributed by atoms with E-state index in [1.54, 1.807) is 12.1 Å². The molecule has 2 aliphatic rings. The van der Waals surface area contributed by atoms with Gasteiger partial charge in [0.1, 0.15) is 29.6 Å². The van der Waals surface area contributed by atoms with E-state index in [0.717, 1.165) is 33.6 Å². The average molecular weight is 593 g/mol. The number of nitrogens with zero attached hydrogens (tertiary/aromatic N) is 3. The Bertz CT molecular complexity index is 1780. The van der Waals surface area contributed by atoms with Gasteiger partial charge in [0.05, 0.1) is 35.7 Å². The van der Waals surface area contributed by atoms with Crippen LogP contribution in [0.25, 0.3) is 0 Å². The van der Waals surface area contributed by atoms with Crippen LogP contribution in [0.3, 0.4) is 0 Å². The standard InChI is InChI=1S/C35H36N4O5/c1-20-7-9-24(10-8-20)44-19-23-14-26(22(3)13-21(23)2)32-27(18-36)34(37)38(30-16-35(4,5)17-31(40)33(30)32)28-12-11-25(43-6)15-29(28)39(41)42/h7-15,32H,16-17,19,37H2,1-6H3. The summed E-state index contributed by atoms with van der Waals surface area (Å²) in [5.41, 5.74) is 12.2. The number of methoxy groups -OCH3 is 1. The van der Waals surface area contributed by atoms with Gasteiger partial charge in [0.25, 0.3) is 5.69 Å². The summed E-state index contributed by atoms with van der Waals surface area (Å²) in [6, 6.07) is 18.6. The number of hydrogen-bond acceptors (Lipinski definition) is 8. The van der Waals surface area contributed by atoms with Gasteiger partial charge in [-0.1, -0.05) is 43.7 Å². The number of nitro benzene ring substituents is 1. The summed E-state index contributed by atoms with van der Waals surface area (Å²) in [6.07, 6.45) is 0.704. The van der Waals surface area contributed by atoms with Gasteiger partial charge in [0, 0.05) is 17.7 Å². The molecule has 1 aliphatic heterocycles. The molecule has 0 saturated carbocycles. The summed E-state index contributed by atoms with van der Waals surface area (Å²) in [7, 11) is 1.43. The molecule has 5 rings (SSSR count). The fourth-order valence-electron chi connectivity index (χ4n) is 6.24. The molecule has 0 spiro atoms. The number of ketones is 1. The Labute approximate surface area is 257 Å². The SMILES string of the molecule is COc1ccc(N2C(N)=C(C#N)C(c3cc(COc4ccc(C)cc4)c(C)cc3C)C3=C2CC(C)(C)CC3=O)c([N+](=O)[O-])c1. The highest BCUT2D eigenvalue weighted by atomic mass is 16.6. The number of rotatable bonds is 7. The van der Waals surface area contributed by atoms with E-state index in [1.807, 2.05) is 71.0 Å². The van der Waals surface area contributed by atoms with Crippen LogP contribution in [0.15, 0.2) is 77.3 Å². The molecule has 2 N–H and O–H groups in total. The molecule has 0 aromatic heterocycles. The van der Waals surface area contributed by atoms with Gasteiger partial charge in [-0.05, 0) is 79.1 Å². The molecular formula is C35H36N4O5. The molecule has 3 aromatic carbocycles. The average Bonchev–Trinajstić information content (AvgIpc) is 2.96. The molecule has 0 radical (unpaired) electrons. The summed E-state index contributed by atoms with van der Waals surface area (Å²) in [5.74, 6) is 0.268. The van der Waals surface area contributed by atoms with Crippen LogP contribution in [0.5, 0.6) is 11.5 Å². The first-order chi connectivity index (χ1) is 20.8. The number of benzene rings is 3. The highest BCUT2D eigenvalue weighted by Crippen LogP contribution is 2.52. The second-order valence-electron chi connectivity index (χ2n) is 12.3. The highest BCUT2D eigenvalue weighted by molar-refractivity contribution is 6.02. The Balaban J connectivity index is 1.70. The van der Waals surface area contributed by atoms with Crippen molar-refractivity contribution in [1.82, 2.24) is 0 Å². The summed E-state index contributed by atoms with van der Waals surface area (Å²) < 4.78 is 11.3. The van der Waals surface area contributed by atoms with E-state index >= 15 is 0 Å². The normalized spacial score (nSPS) is 17.7. The van der Waals surface area contributed by atoms with Crippen molar-refractivity contribution in [2.75, 3.05) is 12.0 Å². The van der Waals surface area contributed by atoms with Crippen molar-refractivity contribution in [3.8, 4) is 17.6 Å². The van der Waals surface area contributed by atoms with Gasteiger partial charge in [-0.3, -0.25) is 19.8 Å². The number of nitrogens with two attached hydrogens (primary N) is 1. The molecule has 0 amide bonds. The third-order valence-electron chi connectivity index (χ3n) is 8.45. The number of carbonyl (C=O) groups is 1. The second-order valence-corrected chi connectivity index (χ2v) is 12.3. The van der Waals surface area contributed by atoms with Crippen molar-refractivity contribution in [3.05, 3.63) is 115 Å². The number of anilines is 1. The predicted molar refractivity (Wildman–Crippen MR) is 168 cm³/mol. The van der Waals surface area contributed by atoms with Crippen molar-refractivity contribution in [2.45, 2.75) is 60.0 Å². The second kappa shape index (κ2) is 11.5. The van der Waals surface area contributed by atoms with E-state index in [2.05, 4.69) is 6.07 Å². The summed E-state index contributed by atoms with van der Waals surface area (Å²) in [4.78, 5) is 27.3. The lowest BCUT2D eigenvalue weighted by Crippen LogP contribution is -2.42. The number of ether oxygens (including phenoxy) is 2. The lowest BCUT2D eigenvalue weighted by Gasteiger charge is -2.43. The van der Waals surface area contributed by atoms with Crippen LogP contribution in [0, 0.1) is 47.6 Å². The van der Waals surface area contributed by atoms with E-state index < -0.39 is 16.3 Å². The molecule has 1 aliphatic carbocycles. The molecule has 9 heteroatoms. The number of aryl methyl sites for hydroxylation is 3. The number of Topliss-reactive ketones (excluding diaryl/α,β-unsaturated/α-hetero) is 1. The first-order valence-electron chi connectivity index (χ1n) is 14.4. The zero-order valence-electron chi connectivity index (χ0n) is 25.9. The van der Waals surface area contributed by atoms with Gasteiger partial charge in [-0.25, -0.2) is 0 Å². The highest BCUT2D eigenvalue weighted by Gasteiger charge is 2.46. The van der Waals surface area contributed by atoms with Gasteiger partial charge >= 0.3 is 0 Å². The molecule has 1 atom stereocenters. The quantitative estimate of drug-likeness (QED) is 0.228. The van der Waals surface area contributed by atoms with Gasteiger partial charge in [-0.15, -0.1) is 0 Å². The van der Waals surface area contributed by atoms with Crippen LogP contribution >= 0.6 is 0 Å². The van der Waals surface area contributed by atoms with Gasteiger partial charge < -0.3 is 15.2 Å². The number of carbonyl (C=O) groups excluding carboxylic acids is 1. The predicted octanol–water partition coefficient (Wildman–Crippen LogP) is 7.05. The maximum atomic E-state index is 14.1. The van der Waals surface area contributed by atoms with Gasteiger partial charge in [0.2, 0.25) is 0 Å². The Hall–Kier alpha value is -5.10. The zero-order chi connectivity index (χ0) is 31.9. The molecule has 9 nitrogen and oxygen atoms in total. The van der Waals surface area contributed by atoms with Crippen molar-refractivity contribution in [1.29, 1.82) is 5.26 Å². The first-order valence-corrected chi connectivity index (χ1v) is 14.4. The molecule has 1 heterocycles. The van der Waals surface area contributed by atoms with Crippen LogP contribution in [0.2, 0.25) is 0 Å². The zero-order valence-corrected chi connectivity index (χ0v) is 25.9. The monoisotopic (exact) mass is 592 g/mol. The number of hydrogen-bond donors (Lipinski definition) is 1. The number of nitriles is 1. The first kappa shape index (κ1) is 30.4. The fraction of sp³-hybridized carbons (Fsp3) is 0.314. The summed E-state index contributed by atoms with van der Waals surface area (Å²) in [6.45, 7) is 10.2. The molecule has 0 saturated heterocycles. The number of allylic oxidation sites excluding steroid dienone is 3. The Morgan fingerprint density at radius 2 is 1.73 bits per heavy atom. The van der Waals surface area contributed by atoms with E-state index in [-0.39, 0.29) is 35.0 Å². The van der Waals surface area contributed by atoms with E-state index in [1.165, 1.54) is 18.1 Å². The molecule has 0 bridgehead atoms. The van der Waals surface area contributed by atoms with E-state index in [0.29, 0.717) is 30.0 Å². The van der Waals surface area contributed by atoms with Crippen LogP contribution in [0.1, 0.15) is 60.4 Å². The fourth-order valence-corrected chi connectivity index (χ4v) is 6.24. The van der Waals surface area contributed by atoms with Crippen molar-refractivity contribution in [2.24, 2.45) is 11.1 Å². The van der Waals surface area contributed by atoms with Crippen molar-refractivity contribution >= 4 is 17.2 Å². The molecule has 1 unspecified atom stereocenters. The largest absolute Gasteiger partial charge is 0.496 e. The van der Waals surface area contributed by atoms with Gasteiger partial charge in [-0.2, -0.15) is 5.26 Å². The van der Waals surface area contributed by atoms with Gasteiger partial charge in [0.15, 0.2) is 5.78 Å². The van der Waals surface area contributed by atoms with E-state index in [4.69, 9.17) is 15.2 Å². The Morgan fingerprint density at radius 3 is 2.36 bits per heavy atom. The maximum Gasteiger partial charge on any atom is 0.296 e. The van der Waals surface area contributed by atoms with Crippen LogP contribution < -0.4 is 20.1 Å². The molecule has 3 aromatic rings. The maximum absolute atomic E-state index is 14.1. The minimum atomic E-state index is -0.731. The smallest absolute Gasteiger partial charge is 0.296 e. The topological polar surface area (TPSA) is 132 Å². The summed E-state index contributed by atoms with van der Waals surface area (Å²) >= 11 is 0. The van der Waals surface area contributed by atoms with Crippen LogP contribution in [-0.4, -0.2) is 17.8 Å². The number of nitro groups is 1. The third kappa shape index (κ3) is 5.51. The minimum Gasteiger partial charge on any atom is -0.496 e. The molecule has 0 fully saturated rings. The molecule has 44 heavy (non-hydrogen) atoms. The van der Waals surface area contributed by atoms with E-state index in [9.17, 15) is 20.2 Å². The lowest BCUT2D eigenvalue weighted by atomic mass is 9.68. The molecule has 226 valence electrons. The minimum absolute atomic E-state index is 0.0625. The third-order valence-corrected chi connectivity index (χ3v) is 8.45. The van der Waals surface area contributed by atoms with Crippen LogP contribution in [-0.2, 0) is 11.4 Å². The van der Waals surface area contributed by atoms with Crippen molar-refractivity contribution in [3.63, 3.8) is 0 Å². The summed E-state index contributed by atoms with van der Waals surface area (Å²) in [5, 5.41) is 22.8. The molecular weight excluding hydrogens is 556 g/mol. The lowest BCUT2D eigenvalue weighted by molar-refractivity contribution is -0.384. The van der Waals surface area contributed by atoms with Crippen molar-refractivity contribution < 1.29 is 19.2 Å². The Kier molecular flexibility index (Phi) is 7.96. The Morgan fingerprint density at radius 1 is 1.05 bits per heavy atom.